The van der Waals surface area contributed by atoms with Gasteiger partial charge in [0.2, 0.25) is 5.91 Å². The Morgan fingerprint density at radius 2 is 1.83 bits per heavy atom. The number of carbonyl (C=O) groups excluding carboxylic acids is 1. The lowest BCUT2D eigenvalue weighted by molar-refractivity contribution is -0.121. The molecule has 1 aliphatic carbocycles. The van der Waals surface area contributed by atoms with Gasteiger partial charge in [0.15, 0.2) is 0 Å². The zero-order valence-corrected chi connectivity index (χ0v) is 25.2. The van der Waals surface area contributed by atoms with Crippen LogP contribution < -0.4 is 16.4 Å². The van der Waals surface area contributed by atoms with Gasteiger partial charge in [0.1, 0.15) is 0 Å². The van der Waals surface area contributed by atoms with Crippen LogP contribution in [0.25, 0.3) is 5.57 Å². The van der Waals surface area contributed by atoms with Gasteiger partial charge in [-0.25, -0.2) is 0 Å². The van der Waals surface area contributed by atoms with Gasteiger partial charge < -0.3 is 26.6 Å². The van der Waals surface area contributed by atoms with Gasteiger partial charge in [0, 0.05) is 49.6 Å². The monoisotopic (exact) mass is 566 g/mol. The van der Waals surface area contributed by atoms with Gasteiger partial charge in [-0.05, 0) is 55.5 Å². The van der Waals surface area contributed by atoms with E-state index >= 15 is 0 Å². The van der Waals surface area contributed by atoms with Crippen molar-refractivity contribution in [3.05, 3.63) is 47.6 Å². The summed E-state index contributed by atoms with van der Waals surface area (Å²) >= 11 is 0. The molecule has 5 atom stereocenters. The van der Waals surface area contributed by atoms with Gasteiger partial charge in [0.05, 0.1) is 18.8 Å². The molecule has 0 radical (unpaired) electrons. The topological polar surface area (TPSA) is 111 Å². The van der Waals surface area contributed by atoms with E-state index in [0.29, 0.717) is 24.3 Å². The van der Waals surface area contributed by atoms with Crippen molar-refractivity contribution in [3.8, 4) is 0 Å². The molecule has 41 heavy (non-hydrogen) atoms. The largest absolute Gasteiger partial charge is 0.395 e. The smallest absolute Gasteiger partial charge is 0.220 e. The average Bonchev–Trinajstić information content (AvgIpc) is 3.40. The first-order chi connectivity index (χ1) is 20.0. The molecule has 1 amide bonds. The van der Waals surface area contributed by atoms with Gasteiger partial charge in [-0.2, -0.15) is 0 Å². The molecule has 4 rings (SSSR count). The fraction of sp³-hybridized carbons (Fsp3) is 0.676. The van der Waals surface area contributed by atoms with Gasteiger partial charge in [0.25, 0.3) is 0 Å². The third-order valence-electron chi connectivity index (χ3n) is 9.27. The third kappa shape index (κ3) is 9.15. The van der Waals surface area contributed by atoms with Gasteiger partial charge in [-0.15, -0.1) is 0 Å². The van der Waals surface area contributed by atoms with E-state index in [1.807, 2.05) is 6.08 Å². The Labute approximate surface area is 247 Å². The Morgan fingerprint density at radius 1 is 1.12 bits per heavy atom. The van der Waals surface area contributed by atoms with Crippen LogP contribution in [0.5, 0.6) is 0 Å². The summed E-state index contributed by atoms with van der Waals surface area (Å²) < 4.78 is 0. The summed E-state index contributed by atoms with van der Waals surface area (Å²) in [6.07, 6.45) is 20.2. The Balaban J connectivity index is 1.01. The maximum absolute atomic E-state index is 12.5. The van der Waals surface area contributed by atoms with Gasteiger partial charge in [-0.3, -0.25) is 9.69 Å². The van der Waals surface area contributed by atoms with Crippen molar-refractivity contribution < 1.29 is 15.0 Å². The molecule has 0 spiro atoms. The lowest BCUT2D eigenvalue weighted by atomic mass is 9.74. The molecule has 3 aliphatic rings. The molecule has 3 unspecified atom stereocenters. The Morgan fingerprint density at radius 3 is 2.56 bits per heavy atom. The van der Waals surface area contributed by atoms with Crippen molar-refractivity contribution >= 4 is 17.2 Å². The molecular weight excluding hydrogens is 512 g/mol. The average molecular weight is 567 g/mol. The van der Waals surface area contributed by atoms with Crippen molar-refractivity contribution in [1.82, 2.24) is 10.2 Å². The quantitative estimate of drug-likeness (QED) is 0.127. The highest BCUT2D eigenvalue weighted by Gasteiger charge is 2.39. The van der Waals surface area contributed by atoms with E-state index in [-0.39, 0.29) is 12.5 Å². The van der Waals surface area contributed by atoms with Crippen LogP contribution in [0.2, 0.25) is 0 Å². The summed E-state index contributed by atoms with van der Waals surface area (Å²) in [6.45, 7) is 2.59. The Kier molecular flexibility index (Phi) is 12.7. The number of carbonyl (C=O) groups is 1. The van der Waals surface area contributed by atoms with Crippen molar-refractivity contribution in [2.24, 2.45) is 11.7 Å². The molecule has 228 valence electrons. The zero-order chi connectivity index (χ0) is 29.0. The zero-order valence-electron chi connectivity index (χ0n) is 25.2. The van der Waals surface area contributed by atoms with E-state index in [4.69, 9.17) is 10.8 Å². The number of allylic oxidation sites excluding steroid dienone is 1. The first kappa shape index (κ1) is 31.7. The highest BCUT2D eigenvalue weighted by atomic mass is 16.3. The number of aliphatic hydroxyl groups excluding tert-OH is 2. The number of fused-ring (bicyclic) bond motifs is 2. The number of nitrogens with two attached hydrogens (primary N) is 1. The molecular formula is C34H54N4O3. The SMILES string of the molecule is CN1C[C@H](CNC(=O)CCCCCCCCCCCCC=CC(O)C(N)CO)C=C2c3cccc4c3C(CN4)C[C@H]21. The Hall–Kier alpha value is -2.19. The molecule has 6 N–H and O–H groups in total. The number of aliphatic hydroxyl groups is 2. The first-order valence-electron chi connectivity index (χ1n) is 16.2. The Bertz CT molecular complexity index is 1030. The molecule has 0 bridgehead atoms. The number of rotatable bonds is 18. The van der Waals surface area contributed by atoms with Crippen LogP contribution in [0.1, 0.15) is 101 Å². The van der Waals surface area contributed by atoms with Crippen LogP contribution in [0.15, 0.2) is 36.4 Å². The minimum Gasteiger partial charge on any atom is -0.395 e. The lowest BCUT2D eigenvalue weighted by Crippen LogP contribution is -2.45. The van der Waals surface area contributed by atoms with E-state index in [0.717, 1.165) is 45.3 Å². The van der Waals surface area contributed by atoms with Crippen LogP contribution >= 0.6 is 0 Å². The number of hydrogen-bond acceptors (Lipinski definition) is 6. The van der Waals surface area contributed by atoms with Crippen molar-refractivity contribution in [2.75, 3.05) is 38.6 Å². The van der Waals surface area contributed by atoms with Crippen molar-refractivity contribution in [3.63, 3.8) is 0 Å². The van der Waals surface area contributed by atoms with Crippen LogP contribution in [0, 0.1) is 5.92 Å². The number of unbranched alkanes of at least 4 members (excludes halogenated alkanes) is 10. The normalized spacial score (nSPS) is 23.0. The molecule has 0 fully saturated rings. The minimum atomic E-state index is -0.756. The summed E-state index contributed by atoms with van der Waals surface area (Å²) in [5.41, 5.74) is 11.3. The number of hydrogen-bond donors (Lipinski definition) is 5. The molecule has 0 saturated heterocycles. The lowest BCUT2D eigenvalue weighted by Gasteiger charge is -2.42. The summed E-state index contributed by atoms with van der Waals surface area (Å²) in [5.74, 6) is 1.17. The highest BCUT2D eigenvalue weighted by Crippen LogP contribution is 2.48. The van der Waals surface area contributed by atoms with Crippen LogP contribution in [0.3, 0.4) is 0 Å². The van der Waals surface area contributed by atoms with E-state index in [1.165, 1.54) is 73.8 Å². The second-order valence-electron chi connectivity index (χ2n) is 12.6. The first-order valence-corrected chi connectivity index (χ1v) is 16.2. The molecule has 1 aromatic carbocycles. The van der Waals surface area contributed by atoms with Crippen LogP contribution in [-0.2, 0) is 4.79 Å². The number of amides is 1. The second-order valence-corrected chi connectivity index (χ2v) is 12.6. The van der Waals surface area contributed by atoms with Crippen molar-refractivity contribution in [2.45, 2.75) is 108 Å². The van der Waals surface area contributed by atoms with Crippen LogP contribution in [-0.4, -0.2) is 72.5 Å². The summed E-state index contributed by atoms with van der Waals surface area (Å²) in [7, 11) is 2.24. The maximum Gasteiger partial charge on any atom is 0.220 e. The third-order valence-corrected chi connectivity index (χ3v) is 9.27. The second kappa shape index (κ2) is 16.4. The predicted octanol–water partition coefficient (Wildman–Crippen LogP) is 4.95. The van der Waals surface area contributed by atoms with Gasteiger partial charge >= 0.3 is 0 Å². The number of nitrogens with one attached hydrogen (secondary N) is 2. The number of anilines is 1. The number of likely N-dealkylation sites (N-methyl/N-ethyl adjacent to an activating group) is 1. The molecule has 7 heteroatoms. The molecule has 0 aromatic heterocycles. The number of nitrogens with zero attached hydrogens (tertiary/aromatic N) is 1. The molecule has 2 aliphatic heterocycles. The molecule has 2 heterocycles. The van der Waals surface area contributed by atoms with E-state index in [2.05, 4.69) is 46.9 Å². The molecule has 7 nitrogen and oxygen atoms in total. The minimum absolute atomic E-state index is 0.197. The highest BCUT2D eigenvalue weighted by molar-refractivity contribution is 5.81. The summed E-state index contributed by atoms with van der Waals surface area (Å²) in [5, 5.41) is 25.4. The fourth-order valence-corrected chi connectivity index (χ4v) is 6.85. The van der Waals surface area contributed by atoms with E-state index in [9.17, 15) is 9.90 Å². The van der Waals surface area contributed by atoms with Crippen molar-refractivity contribution in [1.29, 1.82) is 0 Å². The van der Waals surface area contributed by atoms with Gasteiger partial charge in [-0.1, -0.05) is 81.7 Å². The number of benzene rings is 1. The summed E-state index contributed by atoms with van der Waals surface area (Å²) in [4.78, 5) is 15.0. The van der Waals surface area contributed by atoms with Crippen LogP contribution in [0.4, 0.5) is 5.69 Å². The standard InChI is InChI=1S/C34H54N4O3/c1-38-23-25(19-28-27-15-14-16-30-34(27)26(22-36-30)20-31(28)38)21-37-33(41)18-13-11-9-7-5-3-2-4-6-8-10-12-17-32(40)29(35)24-39/h12,14-17,19,25-26,29,31-32,36,39-40H,2-11,13,18,20-24,35H2,1H3,(H,37,41)/t25-,26?,29?,31+,32?/m0/s1. The summed E-state index contributed by atoms with van der Waals surface area (Å²) in [6, 6.07) is 6.57. The van der Waals surface area contributed by atoms with E-state index in [1.54, 1.807) is 6.08 Å². The van der Waals surface area contributed by atoms with E-state index < -0.39 is 12.1 Å². The maximum atomic E-state index is 12.5. The molecule has 0 saturated carbocycles. The predicted molar refractivity (Wildman–Crippen MR) is 169 cm³/mol. The fourth-order valence-electron chi connectivity index (χ4n) is 6.85. The molecule has 1 aromatic rings.